The molecule has 0 atom stereocenters. The molecule has 0 aliphatic rings. The molecular weight excluding hydrogens is 408 g/mol. The van der Waals surface area contributed by atoms with Crippen molar-refractivity contribution in [2.45, 2.75) is 0 Å². The average molecular weight is 426 g/mol. The Hall–Kier alpha value is -4.58. The van der Waals surface area contributed by atoms with Gasteiger partial charge in [0.1, 0.15) is 23.0 Å². The predicted octanol–water partition coefficient (Wildman–Crippen LogP) is 6.33. The van der Waals surface area contributed by atoms with Gasteiger partial charge in [0.25, 0.3) is 0 Å². The lowest BCUT2D eigenvalue weighted by Crippen LogP contribution is -2.07. The molecule has 2 N–H and O–H groups in total. The van der Waals surface area contributed by atoms with E-state index in [1.165, 1.54) is 18.2 Å². The van der Waals surface area contributed by atoms with Gasteiger partial charge in [0, 0.05) is 11.6 Å². The van der Waals surface area contributed by atoms with Gasteiger partial charge in [0.05, 0.1) is 11.1 Å². The Morgan fingerprint density at radius 1 is 0.562 bits per heavy atom. The molecule has 0 amide bonds. The molecule has 0 spiro atoms. The molecule has 0 aliphatic heterocycles. The number of hydrogen-bond donors (Lipinski definition) is 2. The quantitative estimate of drug-likeness (QED) is 0.358. The van der Waals surface area contributed by atoms with E-state index in [0.29, 0.717) is 17.2 Å². The van der Waals surface area contributed by atoms with Gasteiger partial charge in [0.2, 0.25) is 0 Å². The number of ether oxygens (including phenoxy) is 2. The van der Waals surface area contributed by atoms with Crippen molar-refractivity contribution in [2.75, 3.05) is 0 Å². The van der Waals surface area contributed by atoms with Crippen LogP contribution in [-0.4, -0.2) is 22.2 Å². The van der Waals surface area contributed by atoms with Crippen molar-refractivity contribution in [1.82, 2.24) is 0 Å². The highest BCUT2D eigenvalue weighted by molar-refractivity contribution is 6.02. The zero-order valence-corrected chi connectivity index (χ0v) is 16.8. The molecular formula is C26H18O6. The van der Waals surface area contributed by atoms with Crippen LogP contribution in [0.3, 0.4) is 0 Å². The number of carboxylic acids is 2. The molecule has 0 bridgehead atoms. The Labute approximate surface area is 183 Å². The lowest BCUT2D eigenvalue weighted by molar-refractivity contribution is 0.0651. The fourth-order valence-corrected chi connectivity index (χ4v) is 3.21. The van der Waals surface area contributed by atoms with Crippen LogP contribution in [0.25, 0.3) is 11.1 Å². The van der Waals surface area contributed by atoms with Gasteiger partial charge in [0.15, 0.2) is 0 Å². The van der Waals surface area contributed by atoms with Gasteiger partial charge in [-0.15, -0.1) is 0 Å². The molecule has 158 valence electrons. The number of hydrogen-bond acceptors (Lipinski definition) is 4. The molecule has 4 aromatic rings. The summed E-state index contributed by atoms with van der Waals surface area (Å²) in [5.74, 6) is -0.845. The Bertz CT molecular complexity index is 1270. The van der Waals surface area contributed by atoms with Crippen molar-refractivity contribution in [3.8, 4) is 34.1 Å². The molecule has 0 heterocycles. The smallest absolute Gasteiger partial charge is 0.336 e. The van der Waals surface area contributed by atoms with E-state index in [9.17, 15) is 19.8 Å². The SMILES string of the molecule is O=C(O)c1ccc(Oc2ccc(-c3ccccc3)c(Oc3ccccc3)c2)cc1C(=O)O. The molecule has 0 aromatic heterocycles. The minimum atomic E-state index is -1.35. The monoisotopic (exact) mass is 426 g/mol. The molecule has 6 nitrogen and oxygen atoms in total. The Kier molecular flexibility index (Phi) is 5.85. The number of carbonyl (C=O) groups is 2. The fourth-order valence-electron chi connectivity index (χ4n) is 3.21. The molecule has 6 heteroatoms. The normalized spacial score (nSPS) is 10.4. The van der Waals surface area contributed by atoms with Gasteiger partial charge in [-0.3, -0.25) is 0 Å². The van der Waals surface area contributed by atoms with Crippen molar-refractivity contribution in [2.24, 2.45) is 0 Å². The van der Waals surface area contributed by atoms with Crippen molar-refractivity contribution in [3.63, 3.8) is 0 Å². The molecule has 0 saturated carbocycles. The van der Waals surface area contributed by atoms with E-state index >= 15 is 0 Å². The summed E-state index contributed by atoms with van der Waals surface area (Å²) < 4.78 is 11.9. The largest absolute Gasteiger partial charge is 0.478 e. The number of carboxylic acid groups (broad SMARTS) is 2. The van der Waals surface area contributed by atoms with Gasteiger partial charge in [-0.25, -0.2) is 9.59 Å². The van der Waals surface area contributed by atoms with Crippen LogP contribution in [0.5, 0.6) is 23.0 Å². The highest BCUT2D eigenvalue weighted by atomic mass is 16.5. The molecule has 32 heavy (non-hydrogen) atoms. The third kappa shape index (κ3) is 4.60. The molecule has 4 aromatic carbocycles. The van der Waals surface area contributed by atoms with Crippen LogP contribution < -0.4 is 9.47 Å². The minimum Gasteiger partial charge on any atom is -0.478 e. The van der Waals surface area contributed by atoms with Crippen molar-refractivity contribution in [3.05, 3.63) is 108 Å². The van der Waals surface area contributed by atoms with Gasteiger partial charge in [-0.2, -0.15) is 0 Å². The number of benzene rings is 4. The predicted molar refractivity (Wildman–Crippen MR) is 119 cm³/mol. The van der Waals surface area contributed by atoms with Crippen LogP contribution in [0.1, 0.15) is 20.7 Å². The summed E-state index contributed by atoms with van der Waals surface area (Å²) in [6.07, 6.45) is 0. The van der Waals surface area contributed by atoms with E-state index in [1.54, 1.807) is 12.1 Å². The summed E-state index contributed by atoms with van der Waals surface area (Å²) in [6.45, 7) is 0. The first-order valence-corrected chi connectivity index (χ1v) is 9.72. The highest BCUT2D eigenvalue weighted by Crippen LogP contribution is 2.37. The summed E-state index contributed by atoms with van der Waals surface area (Å²) in [7, 11) is 0. The first-order valence-electron chi connectivity index (χ1n) is 9.72. The third-order valence-corrected chi connectivity index (χ3v) is 4.70. The second-order valence-electron chi connectivity index (χ2n) is 6.86. The van der Waals surface area contributed by atoms with Crippen molar-refractivity contribution in [1.29, 1.82) is 0 Å². The molecule has 0 fully saturated rings. The van der Waals surface area contributed by atoms with Gasteiger partial charge < -0.3 is 19.7 Å². The van der Waals surface area contributed by atoms with E-state index in [2.05, 4.69) is 0 Å². The van der Waals surface area contributed by atoms with Crippen molar-refractivity contribution >= 4 is 11.9 Å². The Balaban J connectivity index is 1.71. The maximum Gasteiger partial charge on any atom is 0.336 e. The lowest BCUT2D eigenvalue weighted by atomic mass is 10.0. The number of aromatic carboxylic acids is 2. The van der Waals surface area contributed by atoms with Crippen LogP contribution in [0, 0.1) is 0 Å². The molecule has 0 aliphatic carbocycles. The topological polar surface area (TPSA) is 93.1 Å². The highest BCUT2D eigenvalue weighted by Gasteiger charge is 2.17. The summed E-state index contributed by atoms with van der Waals surface area (Å²) in [5, 5.41) is 18.5. The van der Waals surface area contributed by atoms with Crippen molar-refractivity contribution < 1.29 is 29.3 Å². The zero-order chi connectivity index (χ0) is 22.5. The second-order valence-corrected chi connectivity index (χ2v) is 6.86. The van der Waals surface area contributed by atoms with Gasteiger partial charge in [-0.05, 0) is 48.0 Å². The van der Waals surface area contributed by atoms with Gasteiger partial charge in [-0.1, -0.05) is 48.5 Å². The summed E-state index contributed by atoms with van der Waals surface area (Å²) >= 11 is 0. The Morgan fingerprint density at radius 3 is 1.81 bits per heavy atom. The van der Waals surface area contributed by atoms with E-state index in [1.807, 2.05) is 66.7 Å². The van der Waals surface area contributed by atoms with Crippen LogP contribution >= 0.6 is 0 Å². The van der Waals surface area contributed by atoms with E-state index in [4.69, 9.17) is 9.47 Å². The van der Waals surface area contributed by atoms with Crippen LogP contribution in [0.2, 0.25) is 0 Å². The Morgan fingerprint density at radius 2 is 1.16 bits per heavy atom. The zero-order valence-electron chi connectivity index (χ0n) is 16.8. The van der Waals surface area contributed by atoms with Crippen LogP contribution in [0.4, 0.5) is 0 Å². The maximum absolute atomic E-state index is 11.5. The summed E-state index contributed by atoms with van der Waals surface area (Å²) in [4.78, 5) is 22.7. The minimum absolute atomic E-state index is 0.200. The van der Waals surface area contributed by atoms with E-state index in [-0.39, 0.29) is 16.9 Å². The van der Waals surface area contributed by atoms with E-state index < -0.39 is 11.9 Å². The molecule has 0 unspecified atom stereocenters. The number of para-hydroxylation sites is 1. The fraction of sp³-hybridized carbons (Fsp3) is 0. The van der Waals surface area contributed by atoms with Gasteiger partial charge >= 0.3 is 11.9 Å². The molecule has 0 saturated heterocycles. The second kappa shape index (κ2) is 9.06. The summed E-state index contributed by atoms with van der Waals surface area (Å²) in [5.41, 5.74) is 1.16. The standard InChI is InChI=1S/C26H18O6/c27-25(28)22-14-12-19(15-23(22)26(29)30)31-20-11-13-21(17-7-3-1-4-8-17)24(16-20)32-18-9-5-2-6-10-18/h1-16H,(H,27,28)(H,29,30). The first kappa shape index (κ1) is 20.7. The third-order valence-electron chi connectivity index (χ3n) is 4.70. The lowest BCUT2D eigenvalue weighted by Gasteiger charge is -2.14. The van der Waals surface area contributed by atoms with E-state index in [0.717, 1.165) is 11.1 Å². The summed E-state index contributed by atoms with van der Waals surface area (Å²) in [6, 6.07) is 28.2. The molecule has 0 radical (unpaired) electrons. The maximum atomic E-state index is 11.5. The molecule has 4 rings (SSSR count). The average Bonchev–Trinajstić information content (AvgIpc) is 2.80. The van der Waals surface area contributed by atoms with Crippen LogP contribution in [0.15, 0.2) is 97.1 Å². The number of rotatable bonds is 7. The first-order chi connectivity index (χ1) is 15.5. The van der Waals surface area contributed by atoms with Crippen LogP contribution in [-0.2, 0) is 0 Å².